The molecule has 1 aromatic rings. The lowest BCUT2D eigenvalue weighted by Gasteiger charge is -2.38. The summed E-state index contributed by atoms with van der Waals surface area (Å²) in [6.45, 7) is 0.145. The van der Waals surface area contributed by atoms with Crippen molar-refractivity contribution in [2.24, 2.45) is 23.7 Å². The third-order valence-corrected chi connectivity index (χ3v) is 5.79. The summed E-state index contributed by atoms with van der Waals surface area (Å²) in [4.78, 5) is 38.9. The van der Waals surface area contributed by atoms with Crippen LogP contribution < -0.4 is 10.1 Å². The van der Waals surface area contributed by atoms with Crippen molar-refractivity contribution in [3.63, 3.8) is 0 Å². The first kappa shape index (κ1) is 16.8. The number of nitrogens with one attached hydrogen (secondary N) is 1. The Balaban J connectivity index is 1.36. The van der Waals surface area contributed by atoms with Gasteiger partial charge in [-0.25, -0.2) is 0 Å². The summed E-state index contributed by atoms with van der Waals surface area (Å²) in [6.07, 6.45) is 6.26. The number of imide groups is 1. The van der Waals surface area contributed by atoms with E-state index in [0.717, 1.165) is 12.8 Å². The maximum absolute atomic E-state index is 12.7. The summed E-state index contributed by atoms with van der Waals surface area (Å²) in [6, 6.07) is 7.02. The Bertz CT molecular complexity index is 739. The number of anilines is 1. The highest BCUT2D eigenvalue weighted by atomic mass is 16.5. The van der Waals surface area contributed by atoms with E-state index in [1.807, 2.05) is 0 Å². The Hall–Kier alpha value is -2.63. The van der Waals surface area contributed by atoms with Crippen LogP contribution in [0.5, 0.6) is 5.75 Å². The molecular weight excluding hydrogens is 332 g/mol. The molecule has 6 nitrogen and oxygen atoms in total. The number of carbonyl (C=O) groups excluding carboxylic acids is 3. The second kappa shape index (κ2) is 6.59. The smallest absolute Gasteiger partial charge is 0.233 e. The standard InChI is InChI=1S/C20H22N2O4/c1-26-15-8-6-14(7-9-15)21-16(23)10-11-22-19(24)17-12-2-3-13(5-4-12)18(17)20(22)25/h2-3,6-9,12-13,17-18H,4-5,10-11H2,1H3,(H,21,23). The Morgan fingerprint density at radius 3 is 2.15 bits per heavy atom. The first-order valence-electron chi connectivity index (χ1n) is 9.06. The molecule has 1 saturated heterocycles. The molecule has 2 fully saturated rings. The Kier molecular flexibility index (Phi) is 4.26. The summed E-state index contributed by atoms with van der Waals surface area (Å²) >= 11 is 0. The summed E-state index contributed by atoms with van der Waals surface area (Å²) in [5, 5.41) is 2.78. The zero-order valence-corrected chi connectivity index (χ0v) is 14.7. The molecule has 1 aliphatic heterocycles. The van der Waals surface area contributed by atoms with E-state index >= 15 is 0 Å². The molecule has 3 aliphatic carbocycles. The molecule has 6 heteroatoms. The molecule has 3 amide bonds. The fraction of sp³-hybridized carbons (Fsp3) is 0.450. The van der Waals surface area contributed by atoms with Gasteiger partial charge in [0.05, 0.1) is 18.9 Å². The SMILES string of the molecule is COc1ccc(NC(=O)CCN2C(=O)C3C4C=CC(CC4)C3C2=O)cc1. The van der Waals surface area contributed by atoms with Crippen LogP contribution in [-0.4, -0.2) is 36.3 Å². The van der Waals surface area contributed by atoms with Gasteiger partial charge in [-0.15, -0.1) is 0 Å². The predicted octanol–water partition coefficient (Wildman–Crippen LogP) is 2.22. The van der Waals surface area contributed by atoms with Crippen LogP contribution >= 0.6 is 0 Å². The first-order valence-corrected chi connectivity index (χ1v) is 9.06. The second-order valence-electron chi connectivity index (χ2n) is 7.20. The van der Waals surface area contributed by atoms with Gasteiger partial charge in [0.15, 0.2) is 0 Å². The Morgan fingerprint density at radius 1 is 1.08 bits per heavy atom. The topological polar surface area (TPSA) is 75.7 Å². The lowest BCUT2D eigenvalue weighted by Crippen LogP contribution is -2.38. The summed E-state index contributed by atoms with van der Waals surface area (Å²) in [5.41, 5.74) is 0.658. The number of hydrogen-bond donors (Lipinski definition) is 1. The van der Waals surface area contributed by atoms with Crippen LogP contribution in [0.1, 0.15) is 19.3 Å². The van der Waals surface area contributed by atoms with Crippen molar-refractivity contribution in [2.75, 3.05) is 19.0 Å². The number of fused-ring (bicyclic) bond motifs is 1. The normalized spacial score (nSPS) is 29.0. The molecule has 4 aliphatic rings. The number of hydrogen-bond acceptors (Lipinski definition) is 4. The molecule has 136 valence electrons. The van der Waals surface area contributed by atoms with Crippen LogP contribution in [0, 0.1) is 23.7 Å². The van der Waals surface area contributed by atoms with Gasteiger partial charge in [-0.3, -0.25) is 19.3 Å². The fourth-order valence-corrected chi connectivity index (χ4v) is 4.47. The van der Waals surface area contributed by atoms with Crippen molar-refractivity contribution in [1.29, 1.82) is 0 Å². The monoisotopic (exact) mass is 354 g/mol. The van der Waals surface area contributed by atoms with Crippen molar-refractivity contribution in [3.8, 4) is 5.75 Å². The molecule has 1 aromatic carbocycles. The molecule has 5 rings (SSSR count). The second-order valence-corrected chi connectivity index (χ2v) is 7.20. The van der Waals surface area contributed by atoms with E-state index in [-0.39, 0.29) is 54.4 Å². The largest absolute Gasteiger partial charge is 0.497 e. The quantitative estimate of drug-likeness (QED) is 0.650. The molecule has 2 bridgehead atoms. The highest BCUT2D eigenvalue weighted by Gasteiger charge is 2.56. The van der Waals surface area contributed by atoms with Crippen LogP contribution in [0.4, 0.5) is 5.69 Å². The molecule has 1 saturated carbocycles. The number of nitrogens with zero attached hydrogens (tertiary/aromatic N) is 1. The van der Waals surface area contributed by atoms with Crippen molar-refractivity contribution in [1.82, 2.24) is 4.90 Å². The van der Waals surface area contributed by atoms with E-state index in [2.05, 4.69) is 17.5 Å². The van der Waals surface area contributed by atoms with Gasteiger partial charge in [0, 0.05) is 18.7 Å². The number of ether oxygens (including phenoxy) is 1. The molecular formula is C20H22N2O4. The fourth-order valence-electron chi connectivity index (χ4n) is 4.47. The average molecular weight is 354 g/mol. The maximum Gasteiger partial charge on any atom is 0.233 e. The van der Waals surface area contributed by atoms with Crippen LogP contribution in [-0.2, 0) is 14.4 Å². The Labute approximate surface area is 152 Å². The van der Waals surface area contributed by atoms with E-state index in [1.165, 1.54) is 4.90 Å². The van der Waals surface area contributed by atoms with Gasteiger partial charge >= 0.3 is 0 Å². The zero-order valence-electron chi connectivity index (χ0n) is 14.7. The molecule has 0 radical (unpaired) electrons. The van der Waals surface area contributed by atoms with Gasteiger partial charge in [0.2, 0.25) is 17.7 Å². The molecule has 1 N–H and O–H groups in total. The maximum atomic E-state index is 12.7. The lowest BCUT2D eigenvalue weighted by atomic mass is 9.63. The van der Waals surface area contributed by atoms with Crippen molar-refractivity contribution in [2.45, 2.75) is 19.3 Å². The van der Waals surface area contributed by atoms with Crippen LogP contribution in [0.3, 0.4) is 0 Å². The van der Waals surface area contributed by atoms with Crippen LogP contribution in [0.2, 0.25) is 0 Å². The van der Waals surface area contributed by atoms with Crippen LogP contribution in [0.25, 0.3) is 0 Å². The number of allylic oxidation sites excluding steroid dienone is 2. The predicted molar refractivity (Wildman–Crippen MR) is 95.3 cm³/mol. The molecule has 4 unspecified atom stereocenters. The minimum atomic E-state index is -0.216. The van der Waals surface area contributed by atoms with Crippen molar-refractivity contribution in [3.05, 3.63) is 36.4 Å². The van der Waals surface area contributed by atoms with E-state index < -0.39 is 0 Å². The summed E-state index contributed by atoms with van der Waals surface area (Å²) in [7, 11) is 1.58. The van der Waals surface area contributed by atoms with E-state index in [1.54, 1.807) is 31.4 Å². The molecule has 26 heavy (non-hydrogen) atoms. The minimum Gasteiger partial charge on any atom is -0.497 e. The number of carbonyl (C=O) groups is 3. The molecule has 4 atom stereocenters. The Morgan fingerprint density at radius 2 is 1.65 bits per heavy atom. The average Bonchev–Trinajstić information content (AvgIpc) is 2.94. The summed E-state index contributed by atoms with van der Waals surface area (Å²) < 4.78 is 5.08. The van der Waals surface area contributed by atoms with Gasteiger partial charge < -0.3 is 10.1 Å². The third-order valence-electron chi connectivity index (χ3n) is 5.79. The van der Waals surface area contributed by atoms with Gasteiger partial charge in [-0.2, -0.15) is 0 Å². The third kappa shape index (κ3) is 2.79. The molecule has 0 spiro atoms. The first-order chi connectivity index (χ1) is 12.6. The highest BCUT2D eigenvalue weighted by molar-refractivity contribution is 6.06. The number of methoxy groups -OCH3 is 1. The zero-order chi connectivity index (χ0) is 18.3. The van der Waals surface area contributed by atoms with E-state index in [0.29, 0.717) is 11.4 Å². The number of likely N-dealkylation sites (tertiary alicyclic amines) is 1. The van der Waals surface area contributed by atoms with Crippen LogP contribution in [0.15, 0.2) is 36.4 Å². The highest BCUT2D eigenvalue weighted by Crippen LogP contribution is 2.49. The van der Waals surface area contributed by atoms with Crippen molar-refractivity contribution < 1.29 is 19.1 Å². The number of amides is 3. The van der Waals surface area contributed by atoms with Gasteiger partial charge in [0.1, 0.15) is 5.75 Å². The van der Waals surface area contributed by atoms with E-state index in [4.69, 9.17) is 4.74 Å². The summed E-state index contributed by atoms with van der Waals surface area (Å²) in [5.74, 6) is 0.229. The minimum absolute atomic E-state index is 0.101. The van der Waals surface area contributed by atoms with Gasteiger partial charge in [0.25, 0.3) is 0 Å². The molecule has 0 aromatic heterocycles. The lowest BCUT2D eigenvalue weighted by molar-refractivity contribution is -0.140. The van der Waals surface area contributed by atoms with Gasteiger partial charge in [-0.1, -0.05) is 12.2 Å². The van der Waals surface area contributed by atoms with Gasteiger partial charge in [-0.05, 0) is 48.9 Å². The number of benzene rings is 1. The van der Waals surface area contributed by atoms with Crippen molar-refractivity contribution >= 4 is 23.4 Å². The van der Waals surface area contributed by atoms with E-state index in [9.17, 15) is 14.4 Å². The number of rotatable bonds is 5. The molecule has 1 heterocycles.